The van der Waals surface area contributed by atoms with E-state index in [9.17, 15) is 0 Å². The molecule has 1 saturated heterocycles. The molecule has 3 heteroatoms. The predicted molar refractivity (Wildman–Crippen MR) is 95.8 cm³/mol. The Kier molecular flexibility index (Phi) is 4.21. The lowest BCUT2D eigenvalue weighted by atomic mass is 10.0. The summed E-state index contributed by atoms with van der Waals surface area (Å²) in [4.78, 5) is 2.70. The highest BCUT2D eigenvalue weighted by molar-refractivity contribution is 5.27. The van der Waals surface area contributed by atoms with Crippen molar-refractivity contribution in [3.63, 3.8) is 0 Å². The molecule has 0 bridgehead atoms. The highest BCUT2D eigenvalue weighted by atomic mass is 15.2. The second kappa shape index (κ2) is 6.19. The highest BCUT2D eigenvalue weighted by Crippen LogP contribution is 2.48. The van der Waals surface area contributed by atoms with Gasteiger partial charge in [-0.3, -0.25) is 4.90 Å². The molecule has 0 aromatic heterocycles. The van der Waals surface area contributed by atoms with Crippen LogP contribution in [0, 0.1) is 5.41 Å². The van der Waals surface area contributed by atoms with Crippen molar-refractivity contribution in [2.75, 3.05) is 26.2 Å². The van der Waals surface area contributed by atoms with E-state index in [2.05, 4.69) is 59.7 Å². The minimum absolute atomic E-state index is 0.570. The van der Waals surface area contributed by atoms with Gasteiger partial charge in [-0.2, -0.15) is 0 Å². The quantitative estimate of drug-likeness (QED) is 0.845. The number of piperazine rings is 1. The van der Waals surface area contributed by atoms with Crippen molar-refractivity contribution in [3.05, 3.63) is 35.9 Å². The van der Waals surface area contributed by atoms with E-state index in [4.69, 9.17) is 0 Å². The third-order valence-electron chi connectivity index (χ3n) is 5.91. The van der Waals surface area contributed by atoms with E-state index in [0.717, 1.165) is 12.0 Å². The van der Waals surface area contributed by atoms with Gasteiger partial charge in [-0.15, -0.1) is 0 Å². The number of nitrogens with one attached hydrogen (secondary N) is 2. The molecule has 1 aromatic rings. The molecule has 4 atom stereocenters. The summed E-state index contributed by atoms with van der Waals surface area (Å²) in [5, 5.41) is 7.52. The van der Waals surface area contributed by atoms with Crippen LogP contribution >= 0.6 is 0 Å². The summed E-state index contributed by atoms with van der Waals surface area (Å²) in [5.41, 5.74) is 2.08. The molecule has 1 aromatic carbocycles. The molecule has 126 valence electrons. The van der Waals surface area contributed by atoms with E-state index >= 15 is 0 Å². The molecule has 3 aliphatic rings. The second-order valence-corrected chi connectivity index (χ2v) is 8.40. The van der Waals surface area contributed by atoms with Gasteiger partial charge in [0.2, 0.25) is 0 Å². The minimum atomic E-state index is 0.570. The van der Waals surface area contributed by atoms with Gasteiger partial charge in [-0.25, -0.2) is 0 Å². The molecule has 3 fully saturated rings. The molecule has 23 heavy (non-hydrogen) atoms. The molecule has 1 unspecified atom stereocenters. The standard InChI is InChI=1S/C20H31N3/c1-15-11-23(12-16(2)22-15)14-20(8-9-20)13-21-19-10-18(19)17-6-4-3-5-7-17/h3-7,15-16,18-19,21-22H,8-14H2,1-2H3/t15-,16+,18?,19-/m0/s1. The Morgan fingerprint density at radius 3 is 2.48 bits per heavy atom. The summed E-state index contributed by atoms with van der Waals surface area (Å²) in [6.07, 6.45) is 4.15. The van der Waals surface area contributed by atoms with Crippen LogP contribution < -0.4 is 10.6 Å². The Morgan fingerprint density at radius 1 is 1.13 bits per heavy atom. The first-order chi connectivity index (χ1) is 11.1. The van der Waals surface area contributed by atoms with Gasteiger partial charge in [0, 0.05) is 50.2 Å². The van der Waals surface area contributed by atoms with Crippen molar-refractivity contribution in [1.29, 1.82) is 0 Å². The van der Waals surface area contributed by atoms with Crippen molar-refractivity contribution in [2.24, 2.45) is 5.41 Å². The van der Waals surface area contributed by atoms with Gasteiger partial charge in [0.05, 0.1) is 0 Å². The van der Waals surface area contributed by atoms with E-state index in [-0.39, 0.29) is 0 Å². The van der Waals surface area contributed by atoms with Crippen molar-refractivity contribution in [3.8, 4) is 0 Å². The lowest BCUT2D eigenvalue weighted by Gasteiger charge is -2.38. The van der Waals surface area contributed by atoms with Gasteiger partial charge in [-0.1, -0.05) is 30.3 Å². The van der Waals surface area contributed by atoms with Gasteiger partial charge in [-0.05, 0) is 44.1 Å². The summed E-state index contributed by atoms with van der Waals surface area (Å²) in [6, 6.07) is 13.0. The first kappa shape index (κ1) is 15.6. The summed E-state index contributed by atoms with van der Waals surface area (Å²) in [6.45, 7) is 9.56. The second-order valence-electron chi connectivity index (χ2n) is 8.40. The van der Waals surface area contributed by atoms with Crippen LogP contribution in [0.25, 0.3) is 0 Å². The third-order valence-corrected chi connectivity index (χ3v) is 5.91. The zero-order valence-corrected chi connectivity index (χ0v) is 14.6. The number of hydrogen-bond donors (Lipinski definition) is 2. The zero-order chi connectivity index (χ0) is 15.9. The summed E-state index contributed by atoms with van der Waals surface area (Å²) < 4.78 is 0. The fourth-order valence-corrected chi connectivity index (χ4v) is 4.45. The lowest BCUT2D eigenvalue weighted by molar-refractivity contribution is 0.142. The summed E-state index contributed by atoms with van der Waals surface area (Å²) >= 11 is 0. The average molecular weight is 313 g/mol. The maximum atomic E-state index is 3.88. The van der Waals surface area contributed by atoms with Gasteiger partial charge in [0.15, 0.2) is 0 Å². The predicted octanol–water partition coefficient (Wildman–Crippen LogP) is 2.59. The van der Waals surface area contributed by atoms with E-state index < -0.39 is 0 Å². The number of rotatable bonds is 6. The molecule has 1 aliphatic heterocycles. The molecule has 1 heterocycles. The zero-order valence-electron chi connectivity index (χ0n) is 14.6. The van der Waals surface area contributed by atoms with Crippen LogP contribution in [0.15, 0.2) is 30.3 Å². The van der Waals surface area contributed by atoms with Gasteiger partial charge in [0.25, 0.3) is 0 Å². The highest BCUT2D eigenvalue weighted by Gasteiger charge is 2.46. The molecule has 2 aliphatic carbocycles. The fourth-order valence-electron chi connectivity index (χ4n) is 4.45. The Labute approximate surface area is 140 Å². The monoisotopic (exact) mass is 313 g/mol. The first-order valence-electron chi connectivity index (χ1n) is 9.40. The maximum absolute atomic E-state index is 3.88. The maximum Gasteiger partial charge on any atom is 0.0169 e. The van der Waals surface area contributed by atoms with Crippen molar-refractivity contribution in [1.82, 2.24) is 15.5 Å². The minimum Gasteiger partial charge on any atom is -0.313 e. The van der Waals surface area contributed by atoms with Crippen molar-refractivity contribution in [2.45, 2.75) is 57.2 Å². The van der Waals surface area contributed by atoms with Crippen molar-refractivity contribution >= 4 is 0 Å². The molecule has 3 nitrogen and oxygen atoms in total. The Balaban J connectivity index is 1.25. The fraction of sp³-hybridized carbons (Fsp3) is 0.700. The van der Waals surface area contributed by atoms with E-state index in [0.29, 0.717) is 17.5 Å². The van der Waals surface area contributed by atoms with E-state index in [1.807, 2.05) is 0 Å². The average Bonchev–Trinajstić information content (AvgIpc) is 3.41. The number of benzene rings is 1. The number of nitrogens with zero attached hydrogens (tertiary/aromatic N) is 1. The summed E-state index contributed by atoms with van der Waals surface area (Å²) in [5.74, 6) is 0.756. The molecule has 0 radical (unpaired) electrons. The largest absolute Gasteiger partial charge is 0.313 e. The van der Waals surface area contributed by atoms with E-state index in [1.54, 1.807) is 0 Å². The van der Waals surface area contributed by atoms with Crippen LogP contribution in [0.1, 0.15) is 44.6 Å². The lowest BCUT2D eigenvalue weighted by Crippen LogP contribution is -2.55. The number of hydrogen-bond acceptors (Lipinski definition) is 3. The molecule has 0 amide bonds. The van der Waals surface area contributed by atoms with Crippen LogP contribution in [-0.4, -0.2) is 49.2 Å². The van der Waals surface area contributed by atoms with Crippen LogP contribution in [0.3, 0.4) is 0 Å². The molecule has 2 N–H and O–H groups in total. The van der Waals surface area contributed by atoms with Crippen LogP contribution in [-0.2, 0) is 0 Å². The summed E-state index contributed by atoms with van der Waals surface area (Å²) in [7, 11) is 0. The normalized spacial score (nSPS) is 35.9. The van der Waals surface area contributed by atoms with E-state index in [1.165, 1.54) is 51.0 Å². The Bertz CT molecular complexity index is 515. The van der Waals surface area contributed by atoms with Crippen LogP contribution in [0.5, 0.6) is 0 Å². The first-order valence-corrected chi connectivity index (χ1v) is 9.40. The van der Waals surface area contributed by atoms with Crippen LogP contribution in [0.4, 0.5) is 0 Å². The Morgan fingerprint density at radius 2 is 1.83 bits per heavy atom. The smallest absolute Gasteiger partial charge is 0.0169 e. The molecule has 4 rings (SSSR count). The molecule has 0 spiro atoms. The van der Waals surface area contributed by atoms with Crippen molar-refractivity contribution < 1.29 is 0 Å². The molecule has 2 saturated carbocycles. The third kappa shape index (κ3) is 3.78. The molecular formula is C20H31N3. The molecular weight excluding hydrogens is 282 g/mol. The topological polar surface area (TPSA) is 27.3 Å². The Hall–Kier alpha value is -0.900. The van der Waals surface area contributed by atoms with Gasteiger partial charge < -0.3 is 10.6 Å². The SMILES string of the molecule is C[C@@H]1CN(CC2(CN[C@H]3CC3c3ccccc3)CC2)C[C@H](C)N1. The van der Waals surface area contributed by atoms with Gasteiger partial charge >= 0.3 is 0 Å². The van der Waals surface area contributed by atoms with Gasteiger partial charge in [0.1, 0.15) is 0 Å². The van der Waals surface area contributed by atoms with Crippen LogP contribution in [0.2, 0.25) is 0 Å².